The van der Waals surface area contributed by atoms with Gasteiger partial charge in [0.25, 0.3) is 11.8 Å². The van der Waals surface area contributed by atoms with E-state index < -0.39 is 11.9 Å². The lowest BCUT2D eigenvalue weighted by molar-refractivity contribution is 0.0728. The molecule has 4 aromatic carbocycles. The topological polar surface area (TPSA) is 106 Å². The van der Waals surface area contributed by atoms with Crippen LogP contribution in [-0.2, 0) is 0 Å². The summed E-state index contributed by atoms with van der Waals surface area (Å²) in [5.74, 6) is -0.657. The van der Waals surface area contributed by atoms with Crippen molar-refractivity contribution >= 4 is 78.6 Å². The summed E-state index contributed by atoms with van der Waals surface area (Å²) in [6.45, 7) is 4.16. The van der Waals surface area contributed by atoms with Crippen molar-refractivity contribution in [3.63, 3.8) is 0 Å². The number of aryl methyl sites for hydroxylation is 1. The molecule has 0 saturated carbocycles. The van der Waals surface area contributed by atoms with Gasteiger partial charge in [0.1, 0.15) is 4.88 Å². The summed E-state index contributed by atoms with van der Waals surface area (Å²) in [5.41, 5.74) is 5.45. The molecule has 2 amide bonds. The molecule has 0 saturated heterocycles. The van der Waals surface area contributed by atoms with Crippen LogP contribution in [0.25, 0.3) is 10.1 Å². The maximum Gasteiger partial charge on any atom is 0.343 e. The summed E-state index contributed by atoms with van der Waals surface area (Å²) in [5, 5.41) is 8.12. The number of benzene rings is 4. The van der Waals surface area contributed by atoms with Gasteiger partial charge in [-0.15, -0.1) is 11.3 Å². The van der Waals surface area contributed by atoms with Crippen molar-refractivity contribution in [3.05, 3.63) is 122 Å². The quantitative estimate of drug-likeness (QED) is 0.0701. The lowest BCUT2D eigenvalue weighted by Gasteiger charge is -2.11. The molecule has 44 heavy (non-hydrogen) atoms. The van der Waals surface area contributed by atoms with Crippen LogP contribution in [0.3, 0.4) is 0 Å². The van der Waals surface area contributed by atoms with E-state index >= 15 is 0 Å². The number of hydrazone groups is 1. The van der Waals surface area contributed by atoms with Crippen molar-refractivity contribution in [1.29, 1.82) is 0 Å². The minimum atomic E-state index is -0.517. The molecule has 222 valence electrons. The van der Waals surface area contributed by atoms with Crippen LogP contribution in [0, 0.1) is 6.92 Å². The molecule has 1 aromatic heterocycles. The second kappa shape index (κ2) is 13.9. The Balaban J connectivity index is 1.19. The number of nitrogens with one attached hydrogen (secondary N) is 2. The number of anilines is 1. The van der Waals surface area contributed by atoms with Crippen molar-refractivity contribution in [2.45, 2.75) is 13.8 Å². The van der Waals surface area contributed by atoms with E-state index in [2.05, 4.69) is 31.8 Å². The summed E-state index contributed by atoms with van der Waals surface area (Å²) in [4.78, 5) is 38.5. The molecule has 0 radical (unpaired) electrons. The monoisotopic (exact) mass is 689 g/mol. The number of carbonyl (C=O) groups excluding carboxylic acids is 3. The number of hydrogen-bond donors (Lipinski definition) is 2. The van der Waals surface area contributed by atoms with Gasteiger partial charge in [-0.1, -0.05) is 39.7 Å². The zero-order chi connectivity index (χ0) is 31.2. The number of nitrogens with zero attached hydrogens (tertiary/aromatic N) is 1. The van der Waals surface area contributed by atoms with Crippen molar-refractivity contribution in [2.24, 2.45) is 5.10 Å². The Hall–Kier alpha value is -4.51. The van der Waals surface area contributed by atoms with Gasteiger partial charge in [0, 0.05) is 25.8 Å². The van der Waals surface area contributed by atoms with Crippen molar-refractivity contribution in [2.75, 3.05) is 11.9 Å². The Labute approximate surface area is 270 Å². The molecular weight excluding hydrogens is 666 g/mol. The molecule has 0 atom stereocenters. The third kappa shape index (κ3) is 7.34. The van der Waals surface area contributed by atoms with Gasteiger partial charge in [-0.2, -0.15) is 5.10 Å². The molecule has 8 nitrogen and oxygen atoms in total. The smallest absolute Gasteiger partial charge is 0.343 e. The Kier molecular flexibility index (Phi) is 9.74. The van der Waals surface area contributed by atoms with Crippen LogP contribution in [0.2, 0.25) is 5.02 Å². The van der Waals surface area contributed by atoms with E-state index in [1.54, 1.807) is 66.7 Å². The SMILES string of the molecule is CCOc1cc(/C=N\NC(=O)c2ccc(NC(=O)c3sc4cc(C)ccc4c3Cl)cc2)ccc1OC(=O)c1ccc(Br)cc1. The van der Waals surface area contributed by atoms with Crippen LogP contribution in [-0.4, -0.2) is 30.6 Å². The Morgan fingerprint density at radius 2 is 1.64 bits per heavy atom. The van der Waals surface area contributed by atoms with Gasteiger partial charge < -0.3 is 14.8 Å². The Morgan fingerprint density at radius 3 is 2.36 bits per heavy atom. The van der Waals surface area contributed by atoms with Gasteiger partial charge in [-0.3, -0.25) is 9.59 Å². The lowest BCUT2D eigenvalue weighted by Crippen LogP contribution is -2.17. The van der Waals surface area contributed by atoms with E-state index in [-0.39, 0.29) is 11.7 Å². The highest BCUT2D eigenvalue weighted by Crippen LogP contribution is 2.36. The summed E-state index contributed by atoms with van der Waals surface area (Å²) in [6, 6.07) is 24.0. The molecule has 11 heteroatoms. The first-order valence-electron chi connectivity index (χ1n) is 13.4. The summed E-state index contributed by atoms with van der Waals surface area (Å²) in [7, 11) is 0. The molecule has 0 spiro atoms. The zero-order valence-corrected chi connectivity index (χ0v) is 26.7. The first-order valence-corrected chi connectivity index (χ1v) is 15.4. The third-order valence-corrected chi connectivity index (χ3v) is 8.51. The number of fused-ring (bicyclic) bond motifs is 1. The fourth-order valence-corrected chi connectivity index (χ4v) is 5.92. The molecular formula is C33H25BrClN3O5S. The van der Waals surface area contributed by atoms with Gasteiger partial charge >= 0.3 is 5.97 Å². The highest BCUT2D eigenvalue weighted by Gasteiger charge is 2.18. The normalized spacial score (nSPS) is 11.0. The van der Waals surface area contributed by atoms with Gasteiger partial charge in [0.15, 0.2) is 11.5 Å². The molecule has 0 aliphatic rings. The molecule has 0 unspecified atom stereocenters. The first-order chi connectivity index (χ1) is 21.2. The Morgan fingerprint density at radius 1 is 0.909 bits per heavy atom. The van der Waals surface area contributed by atoms with Crippen molar-refractivity contribution < 1.29 is 23.9 Å². The van der Waals surface area contributed by atoms with Crippen LogP contribution >= 0.6 is 38.9 Å². The number of hydrogen-bond acceptors (Lipinski definition) is 7. The van der Waals surface area contributed by atoms with Crippen LogP contribution in [0.15, 0.2) is 94.5 Å². The van der Waals surface area contributed by atoms with E-state index in [0.29, 0.717) is 44.6 Å². The molecule has 5 aromatic rings. The van der Waals surface area contributed by atoms with Crippen LogP contribution < -0.4 is 20.2 Å². The summed E-state index contributed by atoms with van der Waals surface area (Å²) < 4.78 is 13.0. The lowest BCUT2D eigenvalue weighted by atomic mass is 10.2. The number of carbonyl (C=O) groups is 3. The van der Waals surface area contributed by atoms with Crippen LogP contribution in [0.5, 0.6) is 11.5 Å². The predicted molar refractivity (Wildman–Crippen MR) is 178 cm³/mol. The molecule has 2 N–H and O–H groups in total. The second-order valence-electron chi connectivity index (χ2n) is 9.51. The van der Waals surface area contributed by atoms with Crippen molar-refractivity contribution in [3.8, 4) is 11.5 Å². The predicted octanol–water partition coefficient (Wildman–Crippen LogP) is 8.26. The first kappa shape index (κ1) is 30.9. The number of esters is 1. The van der Waals surface area contributed by atoms with Crippen molar-refractivity contribution in [1.82, 2.24) is 5.43 Å². The number of amides is 2. The highest BCUT2D eigenvalue weighted by atomic mass is 79.9. The standard InChI is InChI=1S/C33H25BrClN3O5S/c1-3-42-27-17-20(5-15-26(27)43-33(41)22-6-10-23(34)11-7-22)18-36-38-31(39)21-8-12-24(13-9-21)37-32(40)30-29(35)25-14-4-19(2)16-28(25)44-30/h4-18H,3H2,1-2H3,(H,37,40)(H,38,39)/b36-18-. The molecule has 0 aliphatic heterocycles. The summed E-state index contributed by atoms with van der Waals surface area (Å²) >= 11 is 11.1. The van der Waals surface area contributed by atoms with E-state index in [1.165, 1.54) is 17.6 Å². The third-order valence-electron chi connectivity index (χ3n) is 6.33. The molecule has 0 bridgehead atoms. The van der Waals surface area contributed by atoms with Crippen LogP contribution in [0.4, 0.5) is 5.69 Å². The molecule has 0 fully saturated rings. The van der Waals surface area contributed by atoms with E-state index in [1.807, 2.05) is 32.0 Å². The van der Waals surface area contributed by atoms with Gasteiger partial charge in [0.2, 0.25) is 0 Å². The number of ether oxygens (including phenoxy) is 2. The van der Waals surface area contributed by atoms with Gasteiger partial charge in [-0.05, 0) is 97.8 Å². The minimum Gasteiger partial charge on any atom is -0.490 e. The Bertz CT molecular complexity index is 1890. The number of rotatable bonds is 9. The van der Waals surface area contributed by atoms with Crippen LogP contribution in [0.1, 0.15) is 48.4 Å². The average molecular weight is 691 g/mol. The average Bonchev–Trinajstić information content (AvgIpc) is 3.34. The maximum atomic E-state index is 12.9. The van der Waals surface area contributed by atoms with E-state index in [9.17, 15) is 14.4 Å². The fraction of sp³-hybridized carbons (Fsp3) is 0.0909. The van der Waals surface area contributed by atoms with Gasteiger partial charge in [-0.25, -0.2) is 10.2 Å². The fourth-order valence-electron chi connectivity index (χ4n) is 4.14. The zero-order valence-electron chi connectivity index (χ0n) is 23.5. The molecule has 5 rings (SSSR count). The molecule has 0 aliphatic carbocycles. The largest absolute Gasteiger partial charge is 0.490 e. The van der Waals surface area contributed by atoms with E-state index in [0.717, 1.165) is 20.1 Å². The summed E-state index contributed by atoms with van der Waals surface area (Å²) in [6.07, 6.45) is 1.45. The number of thiophene rings is 1. The van der Waals surface area contributed by atoms with E-state index in [4.69, 9.17) is 21.1 Å². The highest BCUT2D eigenvalue weighted by molar-refractivity contribution is 9.10. The minimum absolute atomic E-state index is 0.262. The second-order valence-corrected chi connectivity index (χ2v) is 11.9. The number of halogens is 2. The van der Waals surface area contributed by atoms with Gasteiger partial charge in [0.05, 0.1) is 23.4 Å². The molecule has 1 heterocycles. The maximum absolute atomic E-state index is 12.9.